The van der Waals surface area contributed by atoms with Crippen molar-refractivity contribution in [2.75, 3.05) is 5.32 Å². The van der Waals surface area contributed by atoms with E-state index in [-0.39, 0.29) is 28.5 Å². The monoisotopic (exact) mass is 311 g/mol. The lowest BCUT2D eigenvalue weighted by atomic mass is 10.1. The van der Waals surface area contributed by atoms with E-state index in [0.29, 0.717) is 5.01 Å². The highest BCUT2D eigenvalue weighted by molar-refractivity contribution is 7.09. The van der Waals surface area contributed by atoms with Crippen molar-refractivity contribution in [3.63, 3.8) is 0 Å². The summed E-state index contributed by atoms with van der Waals surface area (Å²) in [7, 11) is 0. The van der Waals surface area contributed by atoms with Crippen LogP contribution in [0.4, 0.5) is 5.69 Å². The number of hydrogen-bond acceptors (Lipinski definition) is 5. The summed E-state index contributed by atoms with van der Waals surface area (Å²) in [4.78, 5) is 27.2. The maximum Gasteiger partial charge on any atom is 0.339 e. The molecule has 0 aliphatic rings. The third kappa shape index (κ3) is 2.96. The molecule has 0 atom stereocenters. The number of hydrogen-bond donors (Lipinski definition) is 3. The molecule has 0 saturated heterocycles. The predicted molar refractivity (Wildman–Crippen MR) is 76.4 cm³/mol. The number of aromatic nitrogens is 1. The SMILES string of the molecule is NCc1nc(C(=O)Nc2cccc(Cl)c2C(=O)O)cs1. The number of benzene rings is 1. The summed E-state index contributed by atoms with van der Waals surface area (Å²) in [6.45, 7) is 0.246. The van der Waals surface area contributed by atoms with Crippen LogP contribution in [0.15, 0.2) is 23.6 Å². The fourth-order valence-corrected chi connectivity index (χ4v) is 2.45. The molecule has 1 amide bonds. The van der Waals surface area contributed by atoms with E-state index in [1.165, 1.54) is 23.5 Å². The number of carbonyl (C=O) groups is 2. The number of aromatic carboxylic acids is 1. The van der Waals surface area contributed by atoms with Crippen molar-refractivity contribution >= 4 is 40.5 Å². The number of thiazole rings is 1. The first-order valence-corrected chi connectivity index (χ1v) is 6.76. The topological polar surface area (TPSA) is 105 Å². The molecule has 0 saturated carbocycles. The van der Waals surface area contributed by atoms with Gasteiger partial charge in [0.1, 0.15) is 16.3 Å². The molecule has 2 aromatic rings. The van der Waals surface area contributed by atoms with E-state index >= 15 is 0 Å². The lowest BCUT2D eigenvalue weighted by molar-refractivity contribution is 0.0698. The Morgan fingerprint density at radius 1 is 1.45 bits per heavy atom. The van der Waals surface area contributed by atoms with Gasteiger partial charge in [-0.25, -0.2) is 9.78 Å². The maximum absolute atomic E-state index is 12.0. The number of nitrogens with one attached hydrogen (secondary N) is 1. The molecule has 6 nitrogen and oxygen atoms in total. The van der Waals surface area contributed by atoms with Gasteiger partial charge in [0.2, 0.25) is 0 Å². The van der Waals surface area contributed by atoms with Crippen LogP contribution in [0.5, 0.6) is 0 Å². The van der Waals surface area contributed by atoms with E-state index in [4.69, 9.17) is 22.4 Å². The third-order valence-corrected chi connectivity index (χ3v) is 3.62. The van der Waals surface area contributed by atoms with Crippen molar-refractivity contribution in [3.05, 3.63) is 44.9 Å². The second kappa shape index (κ2) is 6.00. The van der Waals surface area contributed by atoms with Crippen molar-refractivity contribution in [1.29, 1.82) is 0 Å². The lowest BCUT2D eigenvalue weighted by Gasteiger charge is -2.08. The van der Waals surface area contributed by atoms with Gasteiger partial charge < -0.3 is 16.2 Å². The van der Waals surface area contributed by atoms with E-state index in [9.17, 15) is 9.59 Å². The molecule has 8 heteroatoms. The summed E-state index contributed by atoms with van der Waals surface area (Å²) in [6, 6.07) is 4.45. The molecule has 0 spiro atoms. The fourth-order valence-electron chi connectivity index (χ4n) is 1.54. The summed E-state index contributed by atoms with van der Waals surface area (Å²) in [5, 5.41) is 13.8. The number of anilines is 1. The Bertz CT molecular complexity index is 672. The van der Waals surface area contributed by atoms with Crippen LogP contribution in [-0.2, 0) is 6.54 Å². The number of rotatable bonds is 4. The van der Waals surface area contributed by atoms with Crippen LogP contribution in [0.25, 0.3) is 0 Å². The highest BCUT2D eigenvalue weighted by atomic mass is 35.5. The molecule has 0 radical (unpaired) electrons. The number of carboxylic acids is 1. The normalized spacial score (nSPS) is 10.3. The summed E-state index contributed by atoms with van der Waals surface area (Å²) in [5.74, 6) is -1.72. The molecule has 20 heavy (non-hydrogen) atoms. The maximum atomic E-state index is 12.0. The molecule has 0 fully saturated rings. The van der Waals surface area contributed by atoms with Crippen LogP contribution < -0.4 is 11.1 Å². The summed E-state index contributed by atoms with van der Waals surface area (Å²) in [5.41, 5.74) is 5.57. The standard InChI is InChI=1S/C12H10ClN3O3S/c13-6-2-1-3-7(10(6)12(18)19)16-11(17)8-5-20-9(4-14)15-8/h1-3,5H,4,14H2,(H,16,17)(H,18,19). The largest absolute Gasteiger partial charge is 0.478 e. The molecular weight excluding hydrogens is 302 g/mol. The van der Waals surface area contributed by atoms with Crippen molar-refractivity contribution in [1.82, 2.24) is 4.98 Å². The van der Waals surface area contributed by atoms with Gasteiger partial charge in [0.05, 0.1) is 10.7 Å². The van der Waals surface area contributed by atoms with Crippen LogP contribution in [0, 0.1) is 0 Å². The van der Waals surface area contributed by atoms with Gasteiger partial charge in [-0.3, -0.25) is 4.79 Å². The Hall–Kier alpha value is -1.96. The van der Waals surface area contributed by atoms with Crippen LogP contribution >= 0.6 is 22.9 Å². The third-order valence-electron chi connectivity index (χ3n) is 2.43. The first-order valence-electron chi connectivity index (χ1n) is 5.50. The van der Waals surface area contributed by atoms with Gasteiger partial charge in [-0.15, -0.1) is 11.3 Å². The van der Waals surface area contributed by atoms with Gasteiger partial charge in [0, 0.05) is 11.9 Å². The Labute approximate surface area is 123 Å². The highest BCUT2D eigenvalue weighted by Gasteiger charge is 2.18. The second-order valence-corrected chi connectivity index (χ2v) is 5.10. The molecule has 1 aromatic heterocycles. The van der Waals surface area contributed by atoms with Gasteiger partial charge in [0.15, 0.2) is 0 Å². The number of carbonyl (C=O) groups excluding carboxylic acids is 1. The number of carboxylic acid groups (broad SMARTS) is 1. The van der Waals surface area contributed by atoms with Crippen LogP contribution in [0.1, 0.15) is 25.9 Å². The van der Waals surface area contributed by atoms with Crippen LogP contribution in [0.3, 0.4) is 0 Å². The first-order chi connectivity index (χ1) is 9.52. The van der Waals surface area contributed by atoms with Gasteiger partial charge in [-0.2, -0.15) is 0 Å². The second-order valence-electron chi connectivity index (χ2n) is 3.75. The minimum Gasteiger partial charge on any atom is -0.478 e. The molecule has 104 valence electrons. The van der Waals surface area contributed by atoms with Gasteiger partial charge in [-0.05, 0) is 12.1 Å². The smallest absolute Gasteiger partial charge is 0.339 e. The zero-order valence-electron chi connectivity index (χ0n) is 10.1. The lowest BCUT2D eigenvalue weighted by Crippen LogP contribution is -2.15. The average molecular weight is 312 g/mol. The van der Waals surface area contributed by atoms with E-state index in [2.05, 4.69) is 10.3 Å². The number of halogens is 1. The van der Waals surface area contributed by atoms with Crippen molar-refractivity contribution in [3.8, 4) is 0 Å². The van der Waals surface area contributed by atoms with E-state index in [1.807, 2.05) is 0 Å². The van der Waals surface area contributed by atoms with E-state index in [0.717, 1.165) is 0 Å². The molecule has 4 N–H and O–H groups in total. The Morgan fingerprint density at radius 3 is 2.80 bits per heavy atom. The molecule has 1 aromatic carbocycles. The van der Waals surface area contributed by atoms with Gasteiger partial charge in [-0.1, -0.05) is 17.7 Å². The predicted octanol–water partition coefficient (Wildman–Crippen LogP) is 2.21. The van der Waals surface area contributed by atoms with Crippen LogP contribution in [0.2, 0.25) is 5.02 Å². The first kappa shape index (κ1) is 14.4. The fraction of sp³-hybridized carbons (Fsp3) is 0.0833. The zero-order chi connectivity index (χ0) is 14.7. The zero-order valence-corrected chi connectivity index (χ0v) is 11.7. The quantitative estimate of drug-likeness (QED) is 0.802. The molecule has 0 aliphatic carbocycles. The minimum atomic E-state index is -1.22. The van der Waals surface area contributed by atoms with Gasteiger partial charge >= 0.3 is 5.97 Å². The molecule has 0 bridgehead atoms. The van der Waals surface area contributed by atoms with Crippen molar-refractivity contribution in [2.45, 2.75) is 6.54 Å². The summed E-state index contributed by atoms with van der Waals surface area (Å²) >= 11 is 7.08. The number of nitrogens with zero attached hydrogens (tertiary/aromatic N) is 1. The molecule has 1 heterocycles. The Morgan fingerprint density at radius 2 is 2.20 bits per heavy atom. The number of amides is 1. The van der Waals surface area contributed by atoms with Crippen molar-refractivity contribution < 1.29 is 14.7 Å². The van der Waals surface area contributed by atoms with E-state index in [1.54, 1.807) is 11.4 Å². The average Bonchev–Trinajstić information content (AvgIpc) is 2.87. The molecule has 0 unspecified atom stereocenters. The minimum absolute atomic E-state index is 0.0521. The Kier molecular flexibility index (Phi) is 4.33. The summed E-state index contributed by atoms with van der Waals surface area (Å²) in [6.07, 6.45) is 0. The van der Waals surface area contributed by atoms with Crippen LogP contribution in [-0.4, -0.2) is 22.0 Å². The van der Waals surface area contributed by atoms with Gasteiger partial charge in [0.25, 0.3) is 5.91 Å². The molecular formula is C12H10ClN3O3S. The molecule has 2 rings (SSSR count). The number of nitrogens with two attached hydrogens (primary N) is 1. The van der Waals surface area contributed by atoms with E-state index < -0.39 is 11.9 Å². The summed E-state index contributed by atoms with van der Waals surface area (Å²) < 4.78 is 0. The Balaban J connectivity index is 2.28. The molecule has 0 aliphatic heterocycles. The highest BCUT2D eigenvalue weighted by Crippen LogP contribution is 2.25. The van der Waals surface area contributed by atoms with Crippen molar-refractivity contribution in [2.24, 2.45) is 5.73 Å².